The van der Waals surface area contributed by atoms with Crippen LogP contribution in [0.4, 0.5) is 0 Å². The van der Waals surface area contributed by atoms with Gasteiger partial charge in [0.05, 0.1) is 6.61 Å². The summed E-state index contributed by atoms with van der Waals surface area (Å²) in [5.74, 6) is 2.06. The Hall–Kier alpha value is 0.270. The van der Waals surface area contributed by atoms with E-state index in [0.717, 1.165) is 24.4 Å². The van der Waals surface area contributed by atoms with Crippen LogP contribution >= 0.6 is 11.8 Å². The van der Waals surface area contributed by atoms with Gasteiger partial charge in [-0.05, 0) is 6.42 Å². The Morgan fingerprint density at radius 3 is 3.00 bits per heavy atom. The molecule has 2 heterocycles. The molecule has 2 aliphatic rings. The molecule has 3 atom stereocenters. The molecule has 0 bridgehead atoms. The van der Waals surface area contributed by atoms with Crippen molar-refractivity contribution in [3.63, 3.8) is 0 Å². The van der Waals surface area contributed by atoms with Gasteiger partial charge in [0, 0.05) is 36.1 Å². The molecule has 0 amide bonds. The first-order valence-electron chi connectivity index (χ1n) is 4.79. The van der Waals surface area contributed by atoms with Gasteiger partial charge in [0.25, 0.3) is 0 Å². The average Bonchev–Trinajstić information content (AvgIpc) is 2.58. The molecule has 3 heteroatoms. The van der Waals surface area contributed by atoms with Gasteiger partial charge in [0.15, 0.2) is 0 Å². The summed E-state index contributed by atoms with van der Waals surface area (Å²) in [7, 11) is 0. The van der Waals surface area contributed by atoms with Crippen molar-refractivity contribution in [3.8, 4) is 0 Å². The zero-order chi connectivity index (χ0) is 8.39. The molecule has 3 unspecified atom stereocenters. The van der Waals surface area contributed by atoms with Crippen LogP contribution < -0.4 is 5.32 Å². The molecule has 0 aliphatic carbocycles. The summed E-state index contributed by atoms with van der Waals surface area (Å²) in [5.41, 5.74) is 0. The zero-order valence-electron chi connectivity index (χ0n) is 7.58. The molecule has 0 aromatic heterocycles. The van der Waals surface area contributed by atoms with E-state index in [1.54, 1.807) is 0 Å². The Balaban J connectivity index is 1.80. The van der Waals surface area contributed by atoms with Crippen molar-refractivity contribution < 1.29 is 4.74 Å². The first kappa shape index (κ1) is 8.85. The Labute approximate surface area is 78.4 Å². The smallest absolute Gasteiger partial charge is 0.0510 e. The summed E-state index contributed by atoms with van der Waals surface area (Å²) in [6, 6.07) is 0.716. The first-order chi connectivity index (χ1) is 5.86. The van der Waals surface area contributed by atoms with Gasteiger partial charge in [-0.3, -0.25) is 0 Å². The summed E-state index contributed by atoms with van der Waals surface area (Å²) in [5, 5.41) is 4.40. The van der Waals surface area contributed by atoms with Gasteiger partial charge in [0.1, 0.15) is 0 Å². The zero-order valence-corrected chi connectivity index (χ0v) is 8.40. The van der Waals surface area contributed by atoms with Gasteiger partial charge in [-0.25, -0.2) is 0 Å². The van der Waals surface area contributed by atoms with E-state index in [-0.39, 0.29) is 0 Å². The van der Waals surface area contributed by atoms with Crippen LogP contribution in [-0.2, 0) is 4.74 Å². The van der Waals surface area contributed by atoms with Crippen LogP contribution in [0.15, 0.2) is 0 Å². The van der Waals surface area contributed by atoms with Gasteiger partial charge in [-0.2, -0.15) is 11.8 Å². The topological polar surface area (TPSA) is 21.3 Å². The summed E-state index contributed by atoms with van der Waals surface area (Å²) in [6.45, 7) is 5.42. The Morgan fingerprint density at radius 2 is 2.42 bits per heavy atom. The van der Waals surface area contributed by atoms with Crippen LogP contribution in [0.5, 0.6) is 0 Å². The molecule has 70 valence electrons. The third kappa shape index (κ3) is 1.95. The molecule has 0 aromatic carbocycles. The molecule has 12 heavy (non-hydrogen) atoms. The second-order valence-corrected chi connectivity index (χ2v) is 5.25. The van der Waals surface area contributed by atoms with E-state index in [4.69, 9.17) is 4.74 Å². The number of thioether (sulfide) groups is 1. The minimum Gasteiger partial charge on any atom is -0.381 e. The van der Waals surface area contributed by atoms with Crippen molar-refractivity contribution in [1.82, 2.24) is 5.32 Å². The number of hydrogen-bond donors (Lipinski definition) is 1. The molecule has 2 fully saturated rings. The number of nitrogens with one attached hydrogen (secondary N) is 1. The van der Waals surface area contributed by atoms with Gasteiger partial charge in [0.2, 0.25) is 0 Å². The maximum atomic E-state index is 5.39. The molecule has 0 aromatic rings. The third-order valence-corrected chi connectivity index (χ3v) is 4.05. The third-order valence-electron chi connectivity index (χ3n) is 2.76. The van der Waals surface area contributed by atoms with Crippen LogP contribution in [0.2, 0.25) is 0 Å². The maximum absolute atomic E-state index is 5.39. The molecule has 0 radical (unpaired) electrons. The Morgan fingerprint density at radius 1 is 1.50 bits per heavy atom. The van der Waals surface area contributed by atoms with Crippen LogP contribution in [0, 0.1) is 5.92 Å². The number of rotatable bonds is 1. The summed E-state index contributed by atoms with van der Waals surface area (Å²) in [4.78, 5) is 0. The molecule has 2 rings (SSSR count). The molecule has 2 aliphatic heterocycles. The highest BCUT2D eigenvalue weighted by atomic mass is 32.2. The van der Waals surface area contributed by atoms with E-state index in [0.29, 0.717) is 6.04 Å². The average molecular weight is 187 g/mol. The summed E-state index contributed by atoms with van der Waals surface area (Å²) < 4.78 is 5.39. The van der Waals surface area contributed by atoms with Gasteiger partial charge >= 0.3 is 0 Å². The summed E-state index contributed by atoms with van der Waals surface area (Å²) in [6.07, 6.45) is 1.26. The standard InChI is InChI=1S/C9H17NOS/c1-7-4-10-9(6-12-7)8-2-3-11-5-8/h7-10H,2-6H2,1H3. The molecular formula is C9H17NOS. The van der Waals surface area contributed by atoms with Gasteiger partial charge < -0.3 is 10.1 Å². The second-order valence-electron chi connectivity index (χ2n) is 3.78. The van der Waals surface area contributed by atoms with Crippen LogP contribution in [-0.4, -0.2) is 36.8 Å². The highest BCUT2D eigenvalue weighted by Gasteiger charge is 2.28. The highest BCUT2D eigenvalue weighted by Crippen LogP contribution is 2.24. The van der Waals surface area contributed by atoms with E-state index in [2.05, 4.69) is 24.0 Å². The molecule has 2 saturated heterocycles. The predicted molar refractivity (Wildman–Crippen MR) is 52.6 cm³/mol. The van der Waals surface area contributed by atoms with Crippen LogP contribution in [0.3, 0.4) is 0 Å². The maximum Gasteiger partial charge on any atom is 0.0510 e. The fourth-order valence-corrected chi connectivity index (χ4v) is 3.02. The van der Waals surface area contributed by atoms with Crippen LogP contribution in [0.25, 0.3) is 0 Å². The molecule has 1 N–H and O–H groups in total. The highest BCUT2D eigenvalue weighted by molar-refractivity contribution is 8.00. The van der Waals surface area contributed by atoms with Gasteiger partial charge in [-0.15, -0.1) is 0 Å². The lowest BCUT2D eigenvalue weighted by atomic mass is 10.0. The molecular weight excluding hydrogens is 170 g/mol. The number of hydrogen-bond acceptors (Lipinski definition) is 3. The summed E-state index contributed by atoms with van der Waals surface area (Å²) >= 11 is 2.09. The van der Waals surface area contributed by atoms with Crippen molar-refractivity contribution in [3.05, 3.63) is 0 Å². The lowest BCUT2D eigenvalue weighted by Crippen LogP contribution is -2.45. The van der Waals surface area contributed by atoms with Crippen LogP contribution in [0.1, 0.15) is 13.3 Å². The van der Waals surface area contributed by atoms with E-state index < -0.39 is 0 Å². The second kappa shape index (κ2) is 3.99. The van der Waals surface area contributed by atoms with Crippen molar-refractivity contribution in [2.24, 2.45) is 5.92 Å². The lowest BCUT2D eigenvalue weighted by molar-refractivity contribution is 0.178. The Bertz CT molecular complexity index is 139. The number of ether oxygens (including phenoxy) is 1. The SMILES string of the molecule is CC1CNC(C2CCOC2)CS1. The van der Waals surface area contributed by atoms with E-state index in [9.17, 15) is 0 Å². The predicted octanol–water partition coefficient (Wildman–Crippen LogP) is 1.12. The first-order valence-corrected chi connectivity index (χ1v) is 5.84. The monoisotopic (exact) mass is 187 g/mol. The quantitative estimate of drug-likeness (QED) is 0.664. The molecule has 2 nitrogen and oxygen atoms in total. The van der Waals surface area contributed by atoms with Gasteiger partial charge in [-0.1, -0.05) is 6.92 Å². The largest absolute Gasteiger partial charge is 0.381 e. The molecule has 0 spiro atoms. The molecule has 0 saturated carbocycles. The van der Waals surface area contributed by atoms with E-state index in [1.807, 2.05) is 0 Å². The minimum absolute atomic E-state index is 0.716. The lowest BCUT2D eigenvalue weighted by Gasteiger charge is -2.30. The van der Waals surface area contributed by atoms with Crippen molar-refractivity contribution in [2.45, 2.75) is 24.6 Å². The Kier molecular flexibility index (Phi) is 2.94. The van der Waals surface area contributed by atoms with Crippen molar-refractivity contribution >= 4 is 11.8 Å². The van der Waals surface area contributed by atoms with Crippen molar-refractivity contribution in [1.29, 1.82) is 0 Å². The van der Waals surface area contributed by atoms with E-state index in [1.165, 1.54) is 18.7 Å². The normalized spacial score (nSPS) is 43.2. The van der Waals surface area contributed by atoms with Crippen molar-refractivity contribution in [2.75, 3.05) is 25.5 Å². The van der Waals surface area contributed by atoms with E-state index >= 15 is 0 Å². The fraction of sp³-hybridized carbons (Fsp3) is 1.00. The minimum atomic E-state index is 0.716. The fourth-order valence-electron chi connectivity index (χ4n) is 1.88.